The molecule has 1 aliphatic heterocycles. The van der Waals surface area contributed by atoms with Gasteiger partial charge in [-0.2, -0.15) is 0 Å². The highest BCUT2D eigenvalue weighted by Gasteiger charge is 2.34. The number of benzene rings is 1. The highest BCUT2D eigenvalue weighted by Crippen LogP contribution is 2.29. The molecule has 0 radical (unpaired) electrons. The fraction of sp³-hybridized carbons (Fsp3) is 0.533. The molecule has 1 aromatic rings. The fourth-order valence-electron chi connectivity index (χ4n) is 3.15. The molecular weight excluding hydrogens is 258 g/mol. The zero-order valence-electron chi connectivity index (χ0n) is 11.0. The summed E-state index contributed by atoms with van der Waals surface area (Å²) in [5, 5.41) is 4.37. The molecule has 3 atom stereocenters. The summed E-state index contributed by atoms with van der Waals surface area (Å²) in [6, 6.07) is 8.95. The largest absolute Gasteiger partial charge is 0.369 e. The maximum absolute atomic E-state index is 6.02. The molecule has 3 N–H and O–H groups in total. The first-order chi connectivity index (χ1) is 9.24. The lowest BCUT2D eigenvalue weighted by Crippen LogP contribution is -2.41. The van der Waals surface area contributed by atoms with Crippen molar-refractivity contribution in [2.24, 2.45) is 16.6 Å². The standard InChI is InChI=1S/C15H20ClN3/c16-12-3-1-2-10(6-12)8-15-18-13-5-4-11(9-17)7-14(13)19-15/h1-3,6,11,13-14H,4-5,7-9,17H2,(H,18,19). The Kier molecular flexibility index (Phi) is 3.76. The molecule has 102 valence electrons. The number of hydrogen-bond acceptors (Lipinski definition) is 3. The van der Waals surface area contributed by atoms with Crippen LogP contribution < -0.4 is 11.1 Å². The van der Waals surface area contributed by atoms with Gasteiger partial charge in [-0.3, -0.25) is 4.99 Å². The van der Waals surface area contributed by atoms with Crippen LogP contribution in [0.1, 0.15) is 24.8 Å². The van der Waals surface area contributed by atoms with Crippen molar-refractivity contribution < 1.29 is 0 Å². The van der Waals surface area contributed by atoms with E-state index in [1.165, 1.54) is 18.4 Å². The monoisotopic (exact) mass is 277 g/mol. The molecule has 0 aromatic heterocycles. The van der Waals surface area contributed by atoms with Gasteiger partial charge in [-0.05, 0) is 49.4 Å². The van der Waals surface area contributed by atoms with E-state index in [2.05, 4.69) is 11.4 Å². The Morgan fingerprint density at radius 3 is 3.05 bits per heavy atom. The summed E-state index contributed by atoms with van der Waals surface area (Å²) in [6.45, 7) is 0.800. The van der Waals surface area contributed by atoms with Crippen LogP contribution in [0.2, 0.25) is 5.02 Å². The van der Waals surface area contributed by atoms with Gasteiger partial charge in [0.25, 0.3) is 0 Å². The maximum Gasteiger partial charge on any atom is 0.101 e. The third kappa shape index (κ3) is 2.93. The summed E-state index contributed by atoms with van der Waals surface area (Å²) in [4.78, 5) is 4.83. The molecular formula is C15H20ClN3. The van der Waals surface area contributed by atoms with E-state index >= 15 is 0 Å². The Labute approximate surface area is 119 Å². The van der Waals surface area contributed by atoms with Crippen LogP contribution in [0.3, 0.4) is 0 Å². The van der Waals surface area contributed by atoms with Gasteiger partial charge in [-0.1, -0.05) is 23.7 Å². The minimum atomic E-state index is 0.456. The second kappa shape index (κ2) is 5.51. The van der Waals surface area contributed by atoms with Gasteiger partial charge in [0.15, 0.2) is 0 Å². The second-order valence-electron chi connectivity index (χ2n) is 5.62. The van der Waals surface area contributed by atoms with Gasteiger partial charge >= 0.3 is 0 Å². The van der Waals surface area contributed by atoms with Crippen LogP contribution in [-0.2, 0) is 6.42 Å². The fourth-order valence-corrected chi connectivity index (χ4v) is 3.37. The highest BCUT2D eigenvalue weighted by molar-refractivity contribution is 6.30. The van der Waals surface area contributed by atoms with E-state index < -0.39 is 0 Å². The summed E-state index contributed by atoms with van der Waals surface area (Å²) in [5.41, 5.74) is 7.00. The number of nitrogens with two attached hydrogens (primary N) is 1. The van der Waals surface area contributed by atoms with E-state index in [-0.39, 0.29) is 0 Å². The first-order valence-electron chi connectivity index (χ1n) is 7.02. The molecule has 3 unspecified atom stereocenters. The SMILES string of the molecule is NCC1CCC2N=C(Cc3cccc(Cl)c3)NC2C1. The Morgan fingerprint density at radius 1 is 1.37 bits per heavy atom. The lowest BCUT2D eigenvalue weighted by atomic mass is 9.83. The number of nitrogens with zero attached hydrogens (tertiary/aromatic N) is 1. The van der Waals surface area contributed by atoms with Crippen LogP contribution in [0.25, 0.3) is 0 Å². The minimum Gasteiger partial charge on any atom is -0.369 e. The predicted octanol–water partition coefficient (Wildman–Crippen LogP) is 2.38. The van der Waals surface area contributed by atoms with Crippen molar-refractivity contribution in [2.45, 2.75) is 37.8 Å². The smallest absolute Gasteiger partial charge is 0.101 e. The lowest BCUT2D eigenvalue weighted by Gasteiger charge is -2.29. The first kappa shape index (κ1) is 12.9. The van der Waals surface area contributed by atoms with E-state index in [4.69, 9.17) is 22.3 Å². The number of nitrogens with one attached hydrogen (secondary N) is 1. The van der Waals surface area contributed by atoms with E-state index in [0.29, 0.717) is 18.0 Å². The van der Waals surface area contributed by atoms with E-state index in [1.54, 1.807) is 0 Å². The predicted molar refractivity (Wildman–Crippen MR) is 79.7 cm³/mol. The molecule has 0 spiro atoms. The van der Waals surface area contributed by atoms with Crippen LogP contribution in [0, 0.1) is 5.92 Å². The topological polar surface area (TPSA) is 50.4 Å². The van der Waals surface area contributed by atoms with Crippen LogP contribution in [0.15, 0.2) is 29.3 Å². The lowest BCUT2D eigenvalue weighted by molar-refractivity contribution is 0.294. The number of halogens is 1. The molecule has 1 aliphatic carbocycles. The van der Waals surface area contributed by atoms with E-state index in [9.17, 15) is 0 Å². The van der Waals surface area contributed by atoms with Crippen LogP contribution in [0.4, 0.5) is 0 Å². The Bertz CT molecular complexity index is 486. The van der Waals surface area contributed by atoms with Gasteiger partial charge in [-0.25, -0.2) is 0 Å². The maximum atomic E-state index is 6.02. The normalized spacial score (nSPS) is 29.6. The van der Waals surface area contributed by atoms with E-state index in [1.807, 2.05) is 18.2 Å². The summed E-state index contributed by atoms with van der Waals surface area (Å²) >= 11 is 6.02. The van der Waals surface area contributed by atoms with E-state index in [0.717, 1.165) is 30.2 Å². The van der Waals surface area contributed by atoms with Gasteiger partial charge in [0.2, 0.25) is 0 Å². The van der Waals surface area contributed by atoms with Gasteiger partial charge in [0, 0.05) is 17.5 Å². The Balaban J connectivity index is 1.65. The molecule has 0 amide bonds. The van der Waals surface area contributed by atoms with Crippen molar-refractivity contribution in [2.75, 3.05) is 6.54 Å². The molecule has 2 aliphatic rings. The molecule has 1 fully saturated rings. The average molecular weight is 278 g/mol. The van der Waals surface area contributed by atoms with Crippen molar-refractivity contribution in [3.8, 4) is 0 Å². The van der Waals surface area contributed by atoms with Crippen LogP contribution in [0.5, 0.6) is 0 Å². The summed E-state index contributed by atoms with van der Waals surface area (Å²) in [6.07, 6.45) is 4.39. The number of rotatable bonds is 3. The number of fused-ring (bicyclic) bond motifs is 1. The van der Waals surface area contributed by atoms with Gasteiger partial charge in [0.1, 0.15) is 5.84 Å². The molecule has 1 saturated carbocycles. The quantitative estimate of drug-likeness (QED) is 0.891. The number of amidine groups is 1. The van der Waals surface area contributed by atoms with Gasteiger partial charge in [-0.15, -0.1) is 0 Å². The molecule has 1 heterocycles. The summed E-state index contributed by atoms with van der Waals surface area (Å²) in [5.74, 6) is 1.77. The Morgan fingerprint density at radius 2 is 2.26 bits per heavy atom. The molecule has 4 heteroatoms. The van der Waals surface area contributed by atoms with Gasteiger partial charge in [0.05, 0.1) is 6.04 Å². The average Bonchev–Trinajstić information content (AvgIpc) is 2.79. The molecule has 3 rings (SSSR count). The zero-order valence-corrected chi connectivity index (χ0v) is 11.7. The minimum absolute atomic E-state index is 0.456. The molecule has 1 aromatic carbocycles. The van der Waals surface area contributed by atoms with Crippen molar-refractivity contribution in [1.29, 1.82) is 0 Å². The Hall–Kier alpha value is -1.06. The first-order valence-corrected chi connectivity index (χ1v) is 7.40. The third-order valence-corrected chi connectivity index (χ3v) is 4.43. The molecule has 3 nitrogen and oxygen atoms in total. The molecule has 0 bridgehead atoms. The molecule has 0 saturated heterocycles. The molecule has 19 heavy (non-hydrogen) atoms. The second-order valence-corrected chi connectivity index (χ2v) is 6.05. The van der Waals surface area contributed by atoms with Crippen molar-refractivity contribution >= 4 is 17.4 Å². The van der Waals surface area contributed by atoms with Crippen LogP contribution >= 0.6 is 11.6 Å². The number of aliphatic imine (C=N–C) groups is 1. The summed E-state index contributed by atoms with van der Waals surface area (Å²) < 4.78 is 0. The van der Waals surface area contributed by atoms with Crippen molar-refractivity contribution in [3.05, 3.63) is 34.9 Å². The highest BCUT2D eigenvalue weighted by atomic mass is 35.5. The zero-order chi connectivity index (χ0) is 13.2. The van der Waals surface area contributed by atoms with Crippen molar-refractivity contribution in [1.82, 2.24) is 5.32 Å². The van der Waals surface area contributed by atoms with Crippen molar-refractivity contribution in [3.63, 3.8) is 0 Å². The number of hydrogen-bond donors (Lipinski definition) is 2. The van der Waals surface area contributed by atoms with Crippen LogP contribution in [-0.4, -0.2) is 24.5 Å². The summed E-state index contributed by atoms with van der Waals surface area (Å²) in [7, 11) is 0. The third-order valence-electron chi connectivity index (χ3n) is 4.19. The van der Waals surface area contributed by atoms with Gasteiger partial charge < -0.3 is 11.1 Å².